The third kappa shape index (κ3) is 45.8. The molecule has 0 saturated carbocycles. The van der Waals surface area contributed by atoms with Gasteiger partial charge in [-0.15, -0.1) is 0 Å². The lowest BCUT2D eigenvalue weighted by molar-refractivity contribution is -0.153. The van der Waals surface area contributed by atoms with Crippen LogP contribution in [0.25, 0.3) is 0 Å². The standard InChI is InChI=1S/C52H91O10P/c1-3-5-7-9-11-13-15-17-19-21-22-23-24-25-26-28-30-32-34-36-38-40-42-44-52(56)62-50(46-54)48-60-63(57,58)59-47-49(45-53)61-51(55)43-41-39-37-35-33-31-29-27-20-18-16-14-12-10-8-6-4-2/h6,8,12,14-15,17-18,20-22,29,31,49-50,53-54H,3-5,7,9-11,13,16,19,23-28,30,32-48H2,1-2H3,(H,57,58)/b8-6-,14-12-,17-15-,20-18-,22-21-,31-29-. The van der Waals surface area contributed by atoms with E-state index in [-0.39, 0.29) is 12.8 Å². The van der Waals surface area contributed by atoms with E-state index in [0.717, 1.165) is 77.0 Å². The smallest absolute Gasteiger partial charge is 0.457 e. The Kier molecular flexibility index (Phi) is 45.4. The van der Waals surface area contributed by atoms with Gasteiger partial charge in [-0.1, -0.05) is 183 Å². The van der Waals surface area contributed by atoms with Crippen LogP contribution in [0.2, 0.25) is 0 Å². The number of hydrogen-bond acceptors (Lipinski definition) is 9. The average molecular weight is 907 g/mol. The highest BCUT2D eigenvalue weighted by molar-refractivity contribution is 7.47. The van der Waals surface area contributed by atoms with Gasteiger partial charge < -0.3 is 24.6 Å². The van der Waals surface area contributed by atoms with Gasteiger partial charge in [0.1, 0.15) is 12.2 Å². The molecule has 3 atom stereocenters. The molecule has 10 nitrogen and oxygen atoms in total. The average Bonchev–Trinajstić information content (AvgIpc) is 3.27. The summed E-state index contributed by atoms with van der Waals surface area (Å²) < 4.78 is 32.7. The number of ether oxygens (including phenoxy) is 2. The monoisotopic (exact) mass is 907 g/mol. The van der Waals surface area contributed by atoms with Crippen molar-refractivity contribution in [2.75, 3.05) is 26.4 Å². The van der Waals surface area contributed by atoms with E-state index in [0.29, 0.717) is 12.8 Å². The van der Waals surface area contributed by atoms with E-state index >= 15 is 0 Å². The van der Waals surface area contributed by atoms with E-state index < -0.39 is 58.4 Å². The highest BCUT2D eigenvalue weighted by Crippen LogP contribution is 2.43. The summed E-state index contributed by atoms with van der Waals surface area (Å²) in [4.78, 5) is 34.7. The van der Waals surface area contributed by atoms with E-state index in [1.54, 1.807) is 0 Å². The van der Waals surface area contributed by atoms with Crippen LogP contribution >= 0.6 is 7.82 Å². The Morgan fingerprint density at radius 2 is 0.746 bits per heavy atom. The molecule has 0 fully saturated rings. The van der Waals surface area contributed by atoms with Gasteiger partial charge >= 0.3 is 19.8 Å². The van der Waals surface area contributed by atoms with Crippen molar-refractivity contribution in [3.05, 3.63) is 72.9 Å². The van der Waals surface area contributed by atoms with Gasteiger partial charge in [-0.25, -0.2) is 4.57 Å². The summed E-state index contributed by atoms with van der Waals surface area (Å²) in [6.45, 7) is 2.06. The van der Waals surface area contributed by atoms with E-state index in [1.807, 2.05) is 0 Å². The maximum absolute atomic E-state index is 12.4. The highest BCUT2D eigenvalue weighted by atomic mass is 31.2. The first-order valence-electron chi connectivity index (χ1n) is 24.9. The summed E-state index contributed by atoms with van der Waals surface area (Å²) in [5.41, 5.74) is 0. The number of carbonyl (C=O) groups is 2. The molecule has 0 aliphatic carbocycles. The van der Waals surface area contributed by atoms with Crippen LogP contribution in [-0.2, 0) is 32.7 Å². The molecule has 0 aliphatic heterocycles. The van der Waals surface area contributed by atoms with E-state index in [4.69, 9.17) is 18.5 Å². The number of phosphoric acid groups is 1. The summed E-state index contributed by atoms with van der Waals surface area (Å²) in [7, 11) is -4.65. The van der Waals surface area contributed by atoms with Crippen LogP contribution in [0.4, 0.5) is 0 Å². The number of esters is 2. The van der Waals surface area contributed by atoms with Crippen molar-refractivity contribution in [1.82, 2.24) is 0 Å². The lowest BCUT2D eigenvalue weighted by Crippen LogP contribution is -2.28. The number of carbonyl (C=O) groups excluding carboxylic acids is 2. The SMILES string of the molecule is CC/C=C\C/C=C\C/C=C\C/C=C\CCCCCCC(=O)OC(CO)COP(=O)(O)OCC(CO)OC(=O)CCCCCCCCCCCCC/C=C\C/C=C\CCCCCCC. The Balaban J connectivity index is 3.88. The zero-order valence-corrected chi connectivity index (χ0v) is 40.7. The molecule has 0 aliphatic rings. The van der Waals surface area contributed by atoms with Crippen molar-refractivity contribution in [3.8, 4) is 0 Å². The van der Waals surface area contributed by atoms with Crippen molar-refractivity contribution in [2.24, 2.45) is 0 Å². The maximum atomic E-state index is 12.4. The minimum atomic E-state index is -4.65. The van der Waals surface area contributed by atoms with Crippen molar-refractivity contribution >= 4 is 19.8 Å². The number of unbranched alkanes of at least 4 members (excludes halogenated alkanes) is 20. The minimum Gasteiger partial charge on any atom is -0.457 e. The molecule has 0 saturated heterocycles. The highest BCUT2D eigenvalue weighted by Gasteiger charge is 2.27. The predicted octanol–water partition coefficient (Wildman–Crippen LogP) is 14.0. The van der Waals surface area contributed by atoms with Crippen LogP contribution < -0.4 is 0 Å². The third-order valence-corrected chi connectivity index (χ3v) is 11.4. The molecule has 0 aromatic heterocycles. The van der Waals surface area contributed by atoms with Crippen LogP contribution in [0.1, 0.15) is 206 Å². The molecule has 0 bridgehead atoms. The molecule has 0 aromatic carbocycles. The van der Waals surface area contributed by atoms with Crippen LogP contribution in [0.3, 0.4) is 0 Å². The second-order valence-electron chi connectivity index (χ2n) is 16.4. The molecule has 0 radical (unpaired) electrons. The zero-order chi connectivity index (χ0) is 46.2. The molecule has 0 amide bonds. The fourth-order valence-corrected chi connectivity index (χ4v) is 7.39. The lowest BCUT2D eigenvalue weighted by atomic mass is 10.0. The molecule has 11 heteroatoms. The van der Waals surface area contributed by atoms with Gasteiger partial charge in [0, 0.05) is 12.8 Å². The number of phosphoric ester groups is 1. The number of hydrogen-bond donors (Lipinski definition) is 3. The molecule has 0 spiro atoms. The Labute approximate surface area is 384 Å². The summed E-state index contributed by atoms with van der Waals surface area (Å²) >= 11 is 0. The lowest BCUT2D eigenvalue weighted by Gasteiger charge is -2.20. The van der Waals surface area contributed by atoms with Gasteiger partial charge in [-0.2, -0.15) is 0 Å². The second-order valence-corrected chi connectivity index (χ2v) is 17.9. The topological polar surface area (TPSA) is 149 Å². The van der Waals surface area contributed by atoms with Gasteiger partial charge in [-0.05, 0) is 83.5 Å². The largest absolute Gasteiger partial charge is 0.472 e. The first-order valence-corrected chi connectivity index (χ1v) is 26.4. The van der Waals surface area contributed by atoms with Gasteiger partial charge in [0.2, 0.25) is 0 Å². The van der Waals surface area contributed by atoms with E-state index in [1.165, 1.54) is 89.9 Å². The normalized spacial score (nSPS) is 14.3. The molecular formula is C52H91O10P. The van der Waals surface area contributed by atoms with Crippen LogP contribution in [-0.4, -0.2) is 65.7 Å². The van der Waals surface area contributed by atoms with E-state index in [2.05, 4.69) is 86.8 Å². The minimum absolute atomic E-state index is 0.161. The number of aliphatic hydroxyl groups excluding tert-OH is 2. The Morgan fingerprint density at radius 1 is 0.444 bits per heavy atom. The molecule has 0 heterocycles. The number of rotatable bonds is 46. The molecule has 364 valence electrons. The molecular weight excluding hydrogens is 816 g/mol. The zero-order valence-electron chi connectivity index (χ0n) is 39.8. The predicted molar refractivity (Wildman–Crippen MR) is 260 cm³/mol. The summed E-state index contributed by atoms with van der Waals surface area (Å²) in [5, 5.41) is 19.2. The fourth-order valence-electron chi connectivity index (χ4n) is 6.61. The van der Waals surface area contributed by atoms with E-state index in [9.17, 15) is 29.3 Å². The van der Waals surface area contributed by atoms with Crippen molar-refractivity contribution < 1.29 is 47.8 Å². The quantitative estimate of drug-likeness (QED) is 0.0233. The molecule has 63 heavy (non-hydrogen) atoms. The van der Waals surface area contributed by atoms with Crippen LogP contribution in [0.15, 0.2) is 72.9 Å². The molecule has 3 N–H and O–H groups in total. The third-order valence-electron chi connectivity index (χ3n) is 10.4. The van der Waals surface area contributed by atoms with Crippen LogP contribution in [0.5, 0.6) is 0 Å². The molecule has 0 aromatic rings. The molecule has 3 unspecified atom stereocenters. The second kappa shape index (κ2) is 47.4. The Morgan fingerprint density at radius 3 is 1.08 bits per heavy atom. The number of allylic oxidation sites excluding steroid dienone is 12. The van der Waals surface area contributed by atoms with Gasteiger partial charge in [0.05, 0.1) is 26.4 Å². The Bertz CT molecular complexity index is 1270. The summed E-state index contributed by atoms with van der Waals surface area (Å²) in [6, 6.07) is 0. The van der Waals surface area contributed by atoms with Crippen molar-refractivity contribution in [1.29, 1.82) is 0 Å². The maximum Gasteiger partial charge on any atom is 0.472 e. The van der Waals surface area contributed by atoms with Gasteiger partial charge in [0.15, 0.2) is 0 Å². The molecule has 0 rings (SSSR count). The first kappa shape index (κ1) is 60.4. The summed E-state index contributed by atoms with van der Waals surface area (Å²) in [5.74, 6) is -1.05. The summed E-state index contributed by atoms with van der Waals surface area (Å²) in [6.07, 6.45) is 55.9. The Hall–Kier alpha value is -2.59. The van der Waals surface area contributed by atoms with Crippen molar-refractivity contribution in [3.63, 3.8) is 0 Å². The number of aliphatic hydroxyl groups is 2. The first-order chi connectivity index (χ1) is 30.8. The van der Waals surface area contributed by atoms with Crippen LogP contribution in [0, 0.1) is 0 Å². The fraction of sp³-hybridized carbons (Fsp3) is 0.731. The van der Waals surface area contributed by atoms with Gasteiger partial charge in [-0.3, -0.25) is 18.6 Å². The van der Waals surface area contributed by atoms with Crippen molar-refractivity contribution in [2.45, 2.75) is 219 Å². The van der Waals surface area contributed by atoms with Gasteiger partial charge in [0.25, 0.3) is 0 Å².